The van der Waals surface area contributed by atoms with Crippen LogP contribution in [0.1, 0.15) is 66.0 Å². The summed E-state index contributed by atoms with van der Waals surface area (Å²) in [4.78, 5) is 17.8. The lowest BCUT2D eigenvalue weighted by atomic mass is 9.96. The minimum absolute atomic E-state index is 0.0186. The lowest BCUT2D eigenvalue weighted by Crippen LogP contribution is -2.26. The fourth-order valence-corrected chi connectivity index (χ4v) is 4.12. The van der Waals surface area contributed by atoms with E-state index in [2.05, 4.69) is 15.6 Å². The Bertz CT molecular complexity index is 677. The highest BCUT2D eigenvalue weighted by molar-refractivity contribution is 7.17. The highest BCUT2D eigenvalue weighted by Crippen LogP contribution is 2.27. The van der Waals surface area contributed by atoms with E-state index in [1.54, 1.807) is 0 Å². The fraction of sp³-hybridized carbons (Fsp3) is 0.474. The summed E-state index contributed by atoms with van der Waals surface area (Å²) in [7, 11) is 0. The van der Waals surface area contributed by atoms with Gasteiger partial charge in [0.15, 0.2) is 5.13 Å². The van der Waals surface area contributed by atoms with Gasteiger partial charge in [0.1, 0.15) is 4.88 Å². The minimum atomic E-state index is -0.0435. The zero-order valence-corrected chi connectivity index (χ0v) is 15.2. The van der Waals surface area contributed by atoms with Gasteiger partial charge in [0.2, 0.25) is 0 Å². The minimum Gasteiger partial charge on any atom is -0.359 e. The number of aromatic nitrogens is 1. The van der Waals surface area contributed by atoms with Crippen molar-refractivity contribution in [3.63, 3.8) is 0 Å². The first kappa shape index (κ1) is 17.0. The quantitative estimate of drug-likeness (QED) is 0.828. The van der Waals surface area contributed by atoms with E-state index in [-0.39, 0.29) is 11.9 Å². The molecule has 1 aliphatic carbocycles. The fourth-order valence-electron chi connectivity index (χ4n) is 3.18. The lowest BCUT2D eigenvalue weighted by molar-refractivity contribution is 0.0943. The summed E-state index contributed by atoms with van der Waals surface area (Å²) in [6, 6.07) is 10.5. The molecule has 5 heteroatoms. The van der Waals surface area contributed by atoms with Crippen LogP contribution in [0.15, 0.2) is 30.3 Å². The Labute approximate surface area is 147 Å². The van der Waals surface area contributed by atoms with E-state index in [9.17, 15) is 4.79 Å². The van der Waals surface area contributed by atoms with Crippen molar-refractivity contribution in [2.75, 3.05) is 5.32 Å². The summed E-state index contributed by atoms with van der Waals surface area (Å²) in [5, 5.41) is 7.46. The molecular formula is C19H25N3OS. The van der Waals surface area contributed by atoms with E-state index in [0.717, 1.165) is 16.4 Å². The molecule has 1 fully saturated rings. The zero-order valence-electron chi connectivity index (χ0n) is 14.3. The molecule has 0 radical (unpaired) electrons. The normalized spacial score (nSPS) is 16.6. The van der Waals surface area contributed by atoms with Gasteiger partial charge in [-0.15, -0.1) is 0 Å². The maximum atomic E-state index is 12.6. The van der Waals surface area contributed by atoms with E-state index < -0.39 is 0 Å². The average molecular weight is 343 g/mol. The smallest absolute Gasteiger partial charge is 0.263 e. The molecule has 1 aromatic carbocycles. The van der Waals surface area contributed by atoms with Crippen molar-refractivity contribution in [3.05, 3.63) is 46.5 Å². The van der Waals surface area contributed by atoms with Gasteiger partial charge >= 0.3 is 0 Å². The highest BCUT2D eigenvalue weighted by atomic mass is 32.1. The van der Waals surface area contributed by atoms with Crippen molar-refractivity contribution in [2.45, 2.75) is 58.0 Å². The standard InChI is InChI=1S/C19H25N3OS/c1-13(15-9-5-3-6-10-15)20-18(23)17-14(2)21-19(24-17)22-16-11-7-4-8-12-16/h3,5-6,9-10,13,16H,4,7-8,11-12H2,1-2H3,(H,20,23)(H,21,22)/t13-/m1/s1. The molecule has 1 saturated carbocycles. The molecule has 1 amide bonds. The number of hydrogen-bond donors (Lipinski definition) is 2. The molecule has 4 nitrogen and oxygen atoms in total. The topological polar surface area (TPSA) is 54.0 Å². The maximum Gasteiger partial charge on any atom is 0.263 e. The van der Waals surface area contributed by atoms with Crippen molar-refractivity contribution < 1.29 is 4.79 Å². The number of carbonyl (C=O) groups is 1. The van der Waals surface area contributed by atoms with Gasteiger partial charge in [-0.05, 0) is 32.3 Å². The van der Waals surface area contributed by atoms with Gasteiger partial charge in [-0.2, -0.15) is 0 Å². The van der Waals surface area contributed by atoms with Crippen LogP contribution in [0.4, 0.5) is 5.13 Å². The molecule has 0 unspecified atom stereocenters. The number of benzene rings is 1. The number of nitrogens with zero attached hydrogens (tertiary/aromatic N) is 1. The molecule has 1 atom stereocenters. The van der Waals surface area contributed by atoms with E-state index in [0.29, 0.717) is 10.9 Å². The summed E-state index contributed by atoms with van der Waals surface area (Å²) in [6.45, 7) is 3.91. The number of aryl methyl sites for hydroxylation is 1. The molecule has 24 heavy (non-hydrogen) atoms. The molecule has 128 valence electrons. The molecule has 0 aliphatic heterocycles. The molecule has 2 aromatic rings. The van der Waals surface area contributed by atoms with Crippen LogP contribution in [0, 0.1) is 6.92 Å². The molecule has 1 aromatic heterocycles. The van der Waals surface area contributed by atoms with Crippen molar-refractivity contribution in [1.29, 1.82) is 0 Å². The van der Waals surface area contributed by atoms with Crippen LogP contribution in [0.2, 0.25) is 0 Å². The second-order valence-electron chi connectivity index (χ2n) is 6.52. The number of hydrogen-bond acceptors (Lipinski definition) is 4. The van der Waals surface area contributed by atoms with Crippen LogP contribution >= 0.6 is 11.3 Å². The van der Waals surface area contributed by atoms with E-state index in [1.165, 1.54) is 43.4 Å². The van der Waals surface area contributed by atoms with Gasteiger partial charge in [0.25, 0.3) is 5.91 Å². The van der Waals surface area contributed by atoms with Crippen LogP contribution in [-0.4, -0.2) is 16.9 Å². The van der Waals surface area contributed by atoms with Crippen LogP contribution in [-0.2, 0) is 0 Å². The summed E-state index contributed by atoms with van der Waals surface area (Å²) < 4.78 is 0. The molecular weight excluding hydrogens is 318 g/mol. The van der Waals surface area contributed by atoms with Gasteiger partial charge in [0, 0.05) is 6.04 Å². The van der Waals surface area contributed by atoms with Gasteiger partial charge in [-0.25, -0.2) is 4.98 Å². The van der Waals surface area contributed by atoms with Gasteiger partial charge in [-0.1, -0.05) is 60.9 Å². The van der Waals surface area contributed by atoms with Crippen molar-refractivity contribution in [3.8, 4) is 0 Å². The first-order chi connectivity index (χ1) is 11.6. The predicted octanol–water partition coefficient (Wildman–Crippen LogP) is 4.69. The number of anilines is 1. The summed E-state index contributed by atoms with van der Waals surface area (Å²) in [5.41, 5.74) is 1.91. The van der Waals surface area contributed by atoms with Crippen molar-refractivity contribution in [1.82, 2.24) is 10.3 Å². The summed E-state index contributed by atoms with van der Waals surface area (Å²) >= 11 is 1.46. The average Bonchev–Trinajstić information content (AvgIpc) is 2.97. The van der Waals surface area contributed by atoms with Crippen molar-refractivity contribution in [2.24, 2.45) is 0 Å². The molecule has 0 saturated heterocycles. The van der Waals surface area contributed by atoms with Gasteiger partial charge < -0.3 is 10.6 Å². The number of carbonyl (C=O) groups excluding carboxylic acids is 1. The molecule has 0 spiro atoms. The second kappa shape index (κ2) is 7.79. The third kappa shape index (κ3) is 4.15. The molecule has 1 heterocycles. The number of rotatable bonds is 5. The number of amides is 1. The Hall–Kier alpha value is -1.88. The van der Waals surface area contributed by atoms with E-state index in [1.807, 2.05) is 44.2 Å². The van der Waals surface area contributed by atoms with Crippen LogP contribution in [0.3, 0.4) is 0 Å². The van der Waals surface area contributed by atoms with Crippen LogP contribution in [0.25, 0.3) is 0 Å². The van der Waals surface area contributed by atoms with E-state index in [4.69, 9.17) is 0 Å². The van der Waals surface area contributed by atoms with Crippen LogP contribution in [0.5, 0.6) is 0 Å². The SMILES string of the molecule is Cc1nc(NC2CCCCC2)sc1C(=O)N[C@H](C)c1ccccc1. The number of nitrogens with one attached hydrogen (secondary N) is 2. The Morgan fingerprint density at radius 3 is 2.62 bits per heavy atom. The van der Waals surface area contributed by atoms with E-state index >= 15 is 0 Å². The number of thiazole rings is 1. The second-order valence-corrected chi connectivity index (χ2v) is 7.52. The Kier molecular flexibility index (Phi) is 5.51. The Morgan fingerprint density at radius 2 is 1.92 bits per heavy atom. The van der Waals surface area contributed by atoms with Crippen LogP contribution < -0.4 is 10.6 Å². The first-order valence-electron chi connectivity index (χ1n) is 8.73. The lowest BCUT2D eigenvalue weighted by Gasteiger charge is -2.22. The predicted molar refractivity (Wildman–Crippen MR) is 99.7 cm³/mol. The molecule has 3 rings (SSSR count). The molecule has 1 aliphatic rings. The van der Waals surface area contributed by atoms with Gasteiger partial charge in [-0.3, -0.25) is 4.79 Å². The molecule has 2 N–H and O–H groups in total. The third-order valence-electron chi connectivity index (χ3n) is 4.58. The van der Waals surface area contributed by atoms with Gasteiger partial charge in [0.05, 0.1) is 11.7 Å². The zero-order chi connectivity index (χ0) is 16.9. The monoisotopic (exact) mass is 343 g/mol. The third-order valence-corrected chi connectivity index (χ3v) is 5.67. The summed E-state index contributed by atoms with van der Waals surface area (Å²) in [5.74, 6) is -0.0435. The largest absolute Gasteiger partial charge is 0.359 e. The highest BCUT2D eigenvalue weighted by Gasteiger charge is 2.20. The maximum absolute atomic E-state index is 12.6. The Morgan fingerprint density at radius 1 is 1.21 bits per heavy atom. The molecule has 0 bridgehead atoms. The Balaban J connectivity index is 1.64. The van der Waals surface area contributed by atoms with Crippen molar-refractivity contribution >= 4 is 22.4 Å². The first-order valence-corrected chi connectivity index (χ1v) is 9.55. The summed E-state index contributed by atoms with van der Waals surface area (Å²) in [6.07, 6.45) is 6.30.